The number of nitrogens with zero attached hydrogens (tertiary/aromatic N) is 2. The molecule has 0 atom stereocenters. The second kappa shape index (κ2) is 7.56. The van der Waals surface area contributed by atoms with Crippen molar-refractivity contribution in [1.82, 2.24) is 0 Å². The molecule has 114 valence electrons. The van der Waals surface area contributed by atoms with Crippen LogP contribution in [0.25, 0.3) is 10.8 Å². The first-order chi connectivity index (χ1) is 10.7. The third-order valence-corrected chi connectivity index (χ3v) is 3.12. The Morgan fingerprint density at radius 2 is 1.95 bits per heavy atom. The van der Waals surface area contributed by atoms with Crippen molar-refractivity contribution >= 4 is 34.0 Å². The summed E-state index contributed by atoms with van der Waals surface area (Å²) in [6, 6.07) is 13.3. The van der Waals surface area contributed by atoms with Gasteiger partial charge in [-0.25, -0.2) is 4.79 Å². The van der Waals surface area contributed by atoms with Crippen LogP contribution >= 0.6 is 11.6 Å². The van der Waals surface area contributed by atoms with E-state index in [4.69, 9.17) is 16.3 Å². The Bertz CT molecular complexity index is 741. The Morgan fingerprint density at radius 3 is 2.64 bits per heavy atom. The van der Waals surface area contributed by atoms with Gasteiger partial charge in [-0.2, -0.15) is 5.11 Å². The summed E-state index contributed by atoms with van der Waals surface area (Å²) in [5.74, 6) is -1.37. The molecule has 0 heterocycles. The van der Waals surface area contributed by atoms with Gasteiger partial charge in [0.25, 0.3) is 0 Å². The van der Waals surface area contributed by atoms with Gasteiger partial charge in [0.2, 0.25) is 5.70 Å². The maximum atomic E-state index is 11.7. The first-order valence-corrected chi connectivity index (χ1v) is 7.25. The molecule has 0 bridgehead atoms. The fourth-order valence-electron chi connectivity index (χ4n) is 1.83. The molecule has 6 heteroatoms. The number of fused-ring (bicyclic) bond motifs is 1. The molecule has 2 aromatic rings. The summed E-state index contributed by atoms with van der Waals surface area (Å²) in [5, 5.41) is 19.5. The number of carbonyl (C=O) groups excluding carboxylic acids is 1. The molecule has 1 N–H and O–H groups in total. The van der Waals surface area contributed by atoms with E-state index < -0.39 is 5.97 Å². The van der Waals surface area contributed by atoms with Crippen molar-refractivity contribution in [3.8, 4) is 0 Å². The second-order valence-corrected chi connectivity index (χ2v) is 4.65. The van der Waals surface area contributed by atoms with Gasteiger partial charge in [0.05, 0.1) is 18.2 Å². The van der Waals surface area contributed by atoms with E-state index in [9.17, 15) is 9.90 Å². The average molecular weight is 319 g/mol. The number of hydrogen-bond acceptors (Lipinski definition) is 5. The summed E-state index contributed by atoms with van der Waals surface area (Å²) in [5.41, 5.74) is 0.271. The van der Waals surface area contributed by atoms with Crippen LogP contribution in [0.5, 0.6) is 0 Å². The number of allylic oxidation sites excluding steroid dienone is 1. The number of esters is 1. The van der Waals surface area contributed by atoms with Crippen molar-refractivity contribution < 1.29 is 14.6 Å². The van der Waals surface area contributed by atoms with Gasteiger partial charge in [-0.15, -0.1) is 16.7 Å². The minimum Gasteiger partial charge on any atom is -0.508 e. The quantitative estimate of drug-likeness (QED) is 0.290. The molecule has 0 saturated carbocycles. The summed E-state index contributed by atoms with van der Waals surface area (Å²) in [4.78, 5) is 11.7. The third kappa shape index (κ3) is 3.83. The molecule has 0 spiro atoms. The van der Waals surface area contributed by atoms with Crippen molar-refractivity contribution in [2.45, 2.75) is 6.92 Å². The minimum absolute atomic E-state index is 0.170. The zero-order valence-corrected chi connectivity index (χ0v) is 12.7. The molecule has 2 rings (SSSR count). The molecule has 0 aliphatic carbocycles. The lowest BCUT2D eigenvalue weighted by Crippen LogP contribution is -2.09. The van der Waals surface area contributed by atoms with E-state index in [1.807, 2.05) is 36.4 Å². The standard InChI is InChI=1S/C16H15ClN2O3/c1-2-22-16(21)15(14(20)10-17)19-18-13-8-7-11-5-3-4-6-12(11)9-13/h3-9,20H,2,10H2,1H3. The molecule has 5 nitrogen and oxygen atoms in total. The molecule has 0 saturated heterocycles. The van der Waals surface area contributed by atoms with E-state index in [2.05, 4.69) is 10.2 Å². The maximum Gasteiger partial charge on any atom is 0.362 e. The van der Waals surface area contributed by atoms with Crippen molar-refractivity contribution in [1.29, 1.82) is 0 Å². The van der Waals surface area contributed by atoms with Crippen molar-refractivity contribution in [2.75, 3.05) is 12.5 Å². The van der Waals surface area contributed by atoms with Gasteiger partial charge in [-0.3, -0.25) is 0 Å². The van der Waals surface area contributed by atoms with Gasteiger partial charge < -0.3 is 9.84 Å². The minimum atomic E-state index is -0.759. The molecule has 2 aromatic carbocycles. The van der Waals surface area contributed by atoms with E-state index in [1.165, 1.54) is 0 Å². The highest BCUT2D eigenvalue weighted by Crippen LogP contribution is 2.22. The van der Waals surface area contributed by atoms with Crippen LogP contribution in [0, 0.1) is 0 Å². The first kappa shape index (κ1) is 16.0. The lowest BCUT2D eigenvalue weighted by atomic mass is 10.1. The summed E-state index contributed by atoms with van der Waals surface area (Å²) in [6.45, 7) is 1.83. The normalized spacial score (nSPS) is 12.5. The Labute approximate surface area is 132 Å². The van der Waals surface area contributed by atoms with Gasteiger partial charge in [0.1, 0.15) is 5.76 Å². The van der Waals surface area contributed by atoms with E-state index in [0.29, 0.717) is 5.69 Å². The molecule has 22 heavy (non-hydrogen) atoms. The fraction of sp³-hybridized carbons (Fsp3) is 0.188. The van der Waals surface area contributed by atoms with Crippen LogP contribution in [0.1, 0.15) is 6.92 Å². The summed E-state index contributed by atoms with van der Waals surface area (Å²) < 4.78 is 4.82. The highest BCUT2D eigenvalue weighted by Gasteiger charge is 2.16. The average Bonchev–Trinajstić information content (AvgIpc) is 2.54. The predicted octanol–water partition coefficient (Wildman–Crippen LogP) is 4.50. The van der Waals surface area contributed by atoms with Crippen molar-refractivity contribution in [3.63, 3.8) is 0 Å². The van der Waals surface area contributed by atoms with Crippen molar-refractivity contribution in [2.24, 2.45) is 10.2 Å². The van der Waals surface area contributed by atoms with Gasteiger partial charge in [0.15, 0.2) is 0 Å². The van der Waals surface area contributed by atoms with Crippen molar-refractivity contribution in [3.05, 3.63) is 53.9 Å². The highest BCUT2D eigenvalue weighted by molar-refractivity contribution is 6.19. The summed E-state index contributed by atoms with van der Waals surface area (Å²) >= 11 is 5.53. The SMILES string of the molecule is CCOC(=O)C(N=Nc1ccc2ccccc2c1)=C(O)CCl. The van der Waals surface area contributed by atoms with Gasteiger partial charge in [0, 0.05) is 0 Å². The number of azo groups is 1. The van der Waals surface area contributed by atoms with Crippen LogP contribution < -0.4 is 0 Å². The largest absolute Gasteiger partial charge is 0.508 e. The molecule has 0 radical (unpaired) electrons. The third-order valence-electron chi connectivity index (χ3n) is 2.87. The summed E-state index contributed by atoms with van der Waals surface area (Å²) in [7, 11) is 0. The zero-order chi connectivity index (χ0) is 15.9. The number of aliphatic hydroxyl groups is 1. The Morgan fingerprint density at radius 1 is 1.23 bits per heavy atom. The fourth-order valence-corrected chi connectivity index (χ4v) is 1.95. The molecular formula is C16H15ClN2O3. The van der Waals surface area contributed by atoms with Gasteiger partial charge in [-0.1, -0.05) is 30.3 Å². The van der Waals surface area contributed by atoms with Gasteiger partial charge in [-0.05, 0) is 29.8 Å². The molecule has 0 aliphatic rings. The Kier molecular flexibility index (Phi) is 5.49. The lowest BCUT2D eigenvalue weighted by Gasteiger charge is -2.03. The van der Waals surface area contributed by atoms with Crippen LogP contribution in [-0.4, -0.2) is 23.6 Å². The predicted molar refractivity (Wildman–Crippen MR) is 85.5 cm³/mol. The molecular weight excluding hydrogens is 304 g/mol. The van der Waals surface area contributed by atoms with E-state index in [1.54, 1.807) is 13.0 Å². The zero-order valence-electron chi connectivity index (χ0n) is 12.0. The van der Waals surface area contributed by atoms with Crippen LogP contribution in [0.4, 0.5) is 5.69 Å². The monoisotopic (exact) mass is 318 g/mol. The van der Waals surface area contributed by atoms with E-state index >= 15 is 0 Å². The number of rotatable bonds is 5. The van der Waals surface area contributed by atoms with Gasteiger partial charge >= 0.3 is 5.97 Å². The first-order valence-electron chi connectivity index (χ1n) is 6.71. The second-order valence-electron chi connectivity index (χ2n) is 4.38. The van der Waals surface area contributed by atoms with E-state index in [0.717, 1.165) is 10.8 Å². The smallest absolute Gasteiger partial charge is 0.362 e. The maximum absolute atomic E-state index is 11.7. The summed E-state index contributed by atoms with van der Waals surface area (Å²) in [6.07, 6.45) is 0. The number of ether oxygens (including phenoxy) is 1. The van der Waals surface area contributed by atoms with E-state index in [-0.39, 0.29) is 23.9 Å². The molecule has 0 fully saturated rings. The number of aliphatic hydroxyl groups excluding tert-OH is 1. The Balaban J connectivity index is 2.31. The van der Waals surface area contributed by atoms with Crippen LogP contribution in [0.3, 0.4) is 0 Å². The molecule has 0 aromatic heterocycles. The van der Waals surface area contributed by atoms with Crippen LogP contribution in [0.15, 0.2) is 64.1 Å². The number of alkyl halides is 1. The van der Waals surface area contributed by atoms with Crippen LogP contribution in [-0.2, 0) is 9.53 Å². The molecule has 0 aliphatic heterocycles. The number of hydrogen-bond donors (Lipinski definition) is 1. The Hall–Kier alpha value is -2.40. The highest BCUT2D eigenvalue weighted by atomic mass is 35.5. The molecule has 0 unspecified atom stereocenters. The number of benzene rings is 2. The lowest BCUT2D eigenvalue weighted by molar-refractivity contribution is -0.138. The number of halogens is 1. The molecule has 0 amide bonds. The van der Waals surface area contributed by atoms with Crippen LogP contribution in [0.2, 0.25) is 0 Å². The topological polar surface area (TPSA) is 71.2 Å². The number of carbonyl (C=O) groups is 1.